The Hall–Kier alpha value is -1.32. The molecule has 0 aliphatic heterocycles. The van der Waals surface area contributed by atoms with Crippen molar-refractivity contribution in [3.63, 3.8) is 0 Å². The second kappa shape index (κ2) is 2.97. The van der Waals surface area contributed by atoms with E-state index in [1.165, 1.54) is 10.9 Å². The topological polar surface area (TPSA) is 50.9 Å². The van der Waals surface area contributed by atoms with Gasteiger partial charge in [0.15, 0.2) is 0 Å². The molecule has 0 atom stereocenters. The summed E-state index contributed by atoms with van der Waals surface area (Å²) in [5.41, 5.74) is -0.332. The molecule has 0 bridgehead atoms. The first-order valence-corrected chi connectivity index (χ1v) is 3.75. The molecule has 0 radical (unpaired) electrons. The van der Waals surface area contributed by atoms with Crippen molar-refractivity contribution in [3.8, 4) is 0 Å². The molecule has 1 rings (SSSR count). The highest BCUT2D eigenvalue weighted by molar-refractivity contribution is 5.72. The van der Waals surface area contributed by atoms with Crippen molar-refractivity contribution in [2.75, 3.05) is 0 Å². The number of aromatic nitrogens is 2. The smallest absolute Gasteiger partial charge is 0.294 e. The average molecular weight is 167 g/mol. The van der Waals surface area contributed by atoms with Crippen molar-refractivity contribution < 1.29 is 4.74 Å². The quantitative estimate of drug-likeness (QED) is 0.470. The van der Waals surface area contributed by atoms with Crippen LogP contribution in [0, 0.1) is 5.41 Å². The van der Waals surface area contributed by atoms with Gasteiger partial charge in [0, 0.05) is 12.4 Å². The van der Waals surface area contributed by atoms with Crippen LogP contribution in [0.3, 0.4) is 0 Å². The molecule has 1 heterocycles. The van der Waals surface area contributed by atoms with E-state index in [2.05, 4.69) is 4.98 Å². The minimum absolute atomic E-state index is 0.0972. The Bertz CT molecular complexity index is 258. The second-order valence-corrected chi connectivity index (χ2v) is 3.49. The Labute approximate surface area is 71.7 Å². The molecular formula is C8H13N3O. The Morgan fingerprint density at radius 2 is 2.17 bits per heavy atom. The summed E-state index contributed by atoms with van der Waals surface area (Å²) in [6, 6.07) is 0.0972. The van der Waals surface area contributed by atoms with Crippen LogP contribution in [0.2, 0.25) is 0 Å². The zero-order chi connectivity index (χ0) is 9.19. The van der Waals surface area contributed by atoms with Crippen LogP contribution in [0.5, 0.6) is 0 Å². The van der Waals surface area contributed by atoms with Crippen LogP contribution in [0.15, 0.2) is 18.7 Å². The van der Waals surface area contributed by atoms with E-state index >= 15 is 0 Å². The summed E-state index contributed by atoms with van der Waals surface area (Å²) in [7, 11) is 0. The van der Waals surface area contributed by atoms with Crippen molar-refractivity contribution >= 4 is 6.02 Å². The van der Waals surface area contributed by atoms with E-state index in [0.29, 0.717) is 0 Å². The summed E-state index contributed by atoms with van der Waals surface area (Å²) in [4.78, 5) is 3.82. The minimum atomic E-state index is -0.332. The first-order valence-electron chi connectivity index (χ1n) is 3.75. The molecule has 0 aliphatic carbocycles. The molecule has 1 aromatic rings. The number of nitrogens with zero attached hydrogens (tertiary/aromatic N) is 2. The molecule has 0 spiro atoms. The van der Waals surface area contributed by atoms with Crippen LogP contribution in [-0.2, 0) is 4.74 Å². The van der Waals surface area contributed by atoms with Crippen LogP contribution in [-0.4, -0.2) is 21.2 Å². The predicted octanol–water partition coefficient (Wildman–Crippen LogP) is 1.48. The Morgan fingerprint density at radius 3 is 2.58 bits per heavy atom. The van der Waals surface area contributed by atoms with Gasteiger partial charge in [0.2, 0.25) is 0 Å². The minimum Gasteiger partial charge on any atom is -0.459 e. The molecule has 1 N–H and O–H groups in total. The van der Waals surface area contributed by atoms with Gasteiger partial charge in [-0.3, -0.25) is 9.98 Å². The summed E-state index contributed by atoms with van der Waals surface area (Å²) < 4.78 is 6.81. The Kier molecular flexibility index (Phi) is 2.17. The standard InChI is InChI=1S/C8H13N3O/c1-8(2,3)12-7(9)11-5-4-10-6-11/h4-6,9H,1-3H3. The van der Waals surface area contributed by atoms with Crippen LogP contribution in [0.25, 0.3) is 0 Å². The largest absolute Gasteiger partial charge is 0.459 e. The van der Waals surface area contributed by atoms with E-state index in [1.54, 1.807) is 12.4 Å². The molecule has 66 valence electrons. The van der Waals surface area contributed by atoms with Crippen LogP contribution < -0.4 is 0 Å². The van der Waals surface area contributed by atoms with E-state index in [1.807, 2.05) is 20.8 Å². The van der Waals surface area contributed by atoms with Gasteiger partial charge in [0.25, 0.3) is 6.02 Å². The highest BCUT2D eigenvalue weighted by Crippen LogP contribution is 2.07. The number of rotatable bonds is 0. The number of nitrogens with one attached hydrogen (secondary N) is 1. The first-order chi connectivity index (χ1) is 5.49. The lowest BCUT2D eigenvalue weighted by atomic mass is 10.2. The van der Waals surface area contributed by atoms with Crippen molar-refractivity contribution in [1.82, 2.24) is 9.55 Å². The lowest BCUT2D eigenvalue weighted by molar-refractivity contribution is 0.108. The number of hydrogen-bond acceptors (Lipinski definition) is 3. The molecule has 0 saturated heterocycles. The van der Waals surface area contributed by atoms with Gasteiger partial charge in [-0.1, -0.05) is 0 Å². The highest BCUT2D eigenvalue weighted by Gasteiger charge is 2.14. The lowest BCUT2D eigenvalue weighted by Gasteiger charge is -2.21. The zero-order valence-corrected chi connectivity index (χ0v) is 7.53. The molecule has 4 heteroatoms. The van der Waals surface area contributed by atoms with Crippen molar-refractivity contribution in [2.24, 2.45) is 0 Å². The molecule has 0 unspecified atom stereocenters. The van der Waals surface area contributed by atoms with Gasteiger partial charge in [-0.2, -0.15) is 0 Å². The number of imidazole rings is 1. The molecule has 0 fully saturated rings. The fourth-order valence-electron chi connectivity index (χ4n) is 0.722. The fourth-order valence-corrected chi connectivity index (χ4v) is 0.722. The maximum atomic E-state index is 7.50. The maximum absolute atomic E-state index is 7.50. The Balaban J connectivity index is 2.63. The Morgan fingerprint density at radius 1 is 1.50 bits per heavy atom. The molecule has 12 heavy (non-hydrogen) atoms. The van der Waals surface area contributed by atoms with Crippen molar-refractivity contribution in [3.05, 3.63) is 18.7 Å². The average Bonchev–Trinajstić information content (AvgIpc) is 2.32. The lowest BCUT2D eigenvalue weighted by Crippen LogP contribution is -2.27. The van der Waals surface area contributed by atoms with Crippen molar-refractivity contribution in [1.29, 1.82) is 5.41 Å². The molecule has 4 nitrogen and oxygen atoms in total. The summed E-state index contributed by atoms with van der Waals surface area (Å²) in [6.07, 6.45) is 4.82. The molecule has 0 aliphatic rings. The molecule has 0 aromatic carbocycles. The molecule has 0 saturated carbocycles. The third kappa shape index (κ3) is 2.38. The van der Waals surface area contributed by atoms with Gasteiger partial charge in [-0.05, 0) is 20.8 Å². The third-order valence-electron chi connectivity index (χ3n) is 1.14. The van der Waals surface area contributed by atoms with E-state index in [9.17, 15) is 0 Å². The number of hydrogen-bond donors (Lipinski definition) is 1. The monoisotopic (exact) mass is 167 g/mol. The SMILES string of the molecule is CC(C)(C)OC(=N)n1ccnc1. The predicted molar refractivity (Wildman–Crippen MR) is 46.2 cm³/mol. The normalized spacial score (nSPS) is 11.2. The summed E-state index contributed by atoms with van der Waals surface area (Å²) in [5, 5.41) is 7.50. The number of ether oxygens (including phenoxy) is 1. The van der Waals surface area contributed by atoms with Gasteiger partial charge < -0.3 is 4.74 Å². The molecule has 1 aromatic heterocycles. The molecule has 0 amide bonds. The second-order valence-electron chi connectivity index (χ2n) is 3.49. The molecular weight excluding hydrogens is 154 g/mol. The van der Waals surface area contributed by atoms with Gasteiger partial charge in [0.05, 0.1) is 0 Å². The zero-order valence-electron chi connectivity index (χ0n) is 7.53. The van der Waals surface area contributed by atoms with E-state index in [0.717, 1.165) is 0 Å². The summed E-state index contributed by atoms with van der Waals surface area (Å²) in [6.45, 7) is 5.70. The van der Waals surface area contributed by atoms with Crippen LogP contribution >= 0.6 is 0 Å². The van der Waals surface area contributed by atoms with Gasteiger partial charge >= 0.3 is 0 Å². The highest BCUT2D eigenvalue weighted by atomic mass is 16.5. The van der Waals surface area contributed by atoms with E-state index < -0.39 is 0 Å². The third-order valence-corrected chi connectivity index (χ3v) is 1.14. The summed E-state index contributed by atoms with van der Waals surface area (Å²) in [5.74, 6) is 0. The summed E-state index contributed by atoms with van der Waals surface area (Å²) >= 11 is 0. The fraction of sp³-hybridized carbons (Fsp3) is 0.500. The van der Waals surface area contributed by atoms with Crippen LogP contribution in [0.4, 0.5) is 0 Å². The van der Waals surface area contributed by atoms with Crippen LogP contribution in [0.1, 0.15) is 20.8 Å². The van der Waals surface area contributed by atoms with Gasteiger partial charge in [0.1, 0.15) is 11.9 Å². The van der Waals surface area contributed by atoms with Gasteiger partial charge in [-0.15, -0.1) is 0 Å². The van der Waals surface area contributed by atoms with Crippen molar-refractivity contribution in [2.45, 2.75) is 26.4 Å². The maximum Gasteiger partial charge on any atom is 0.294 e. The van der Waals surface area contributed by atoms with E-state index in [-0.39, 0.29) is 11.6 Å². The first kappa shape index (κ1) is 8.77. The van der Waals surface area contributed by atoms with Gasteiger partial charge in [-0.25, -0.2) is 4.98 Å². The van der Waals surface area contributed by atoms with E-state index in [4.69, 9.17) is 10.1 Å².